The normalized spacial score (nSPS) is 14.3. The van der Waals surface area contributed by atoms with Crippen LogP contribution in [0.4, 0.5) is 11.4 Å². The fourth-order valence-corrected chi connectivity index (χ4v) is 5.15. The number of aryl methyl sites for hydroxylation is 2. The van der Waals surface area contributed by atoms with Crippen LogP contribution in [0.1, 0.15) is 16.7 Å². The summed E-state index contributed by atoms with van der Waals surface area (Å²) in [6, 6.07) is 15.9. The van der Waals surface area contributed by atoms with Crippen molar-refractivity contribution in [1.82, 2.24) is 0 Å². The summed E-state index contributed by atoms with van der Waals surface area (Å²) in [6.45, 7) is 3.70. The van der Waals surface area contributed by atoms with Gasteiger partial charge in [0.05, 0.1) is 27.7 Å². The molecular formula is C27H22Cl2N2O4S2. The molecule has 1 saturated heterocycles. The highest BCUT2D eigenvalue weighted by Crippen LogP contribution is 2.38. The highest BCUT2D eigenvalue weighted by atomic mass is 35.5. The van der Waals surface area contributed by atoms with Crippen molar-refractivity contribution in [1.29, 1.82) is 0 Å². The molecule has 1 fully saturated rings. The number of rotatable bonds is 7. The van der Waals surface area contributed by atoms with Gasteiger partial charge < -0.3 is 14.8 Å². The minimum absolute atomic E-state index is 0.189. The van der Waals surface area contributed by atoms with Gasteiger partial charge in [0.1, 0.15) is 0 Å². The second-order valence-electron chi connectivity index (χ2n) is 8.18. The van der Waals surface area contributed by atoms with Crippen LogP contribution >= 0.6 is 47.2 Å². The molecule has 0 aliphatic carbocycles. The molecule has 10 heteroatoms. The number of amides is 2. The van der Waals surface area contributed by atoms with Gasteiger partial charge in [0.25, 0.3) is 11.8 Å². The summed E-state index contributed by atoms with van der Waals surface area (Å²) in [5.74, 6) is 0.272. The van der Waals surface area contributed by atoms with Crippen molar-refractivity contribution >= 4 is 80.8 Å². The van der Waals surface area contributed by atoms with Gasteiger partial charge in [-0.3, -0.25) is 14.5 Å². The first kappa shape index (κ1) is 27.0. The quantitative estimate of drug-likeness (QED) is 0.242. The average molecular weight is 574 g/mol. The Balaban J connectivity index is 1.46. The van der Waals surface area contributed by atoms with Gasteiger partial charge in [0.15, 0.2) is 22.4 Å². The molecule has 0 spiro atoms. The zero-order valence-corrected chi connectivity index (χ0v) is 23.3. The third-order valence-corrected chi connectivity index (χ3v) is 7.51. The number of thioether (sulfide) groups is 1. The van der Waals surface area contributed by atoms with E-state index >= 15 is 0 Å². The number of methoxy groups -OCH3 is 1. The van der Waals surface area contributed by atoms with Gasteiger partial charge in [-0.2, -0.15) is 0 Å². The van der Waals surface area contributed by atoms with Gasteiger partial charge in [-0.25, -0.2) is 0 Å². The molecule has 0 aromatic heterocycles. The maximum atomic E-state index is 13.1. The predicted octanol–water partition coefficient (Wildman–Crippen LogP) is 7.04. The van der Waals surface area contributed by atoms with Crippen LogP contribution in [0, 0.1) is 13.8 Å². The third-order valence-electron chi connectivity index (χ3n) is 5.47. The van der Waals surface area contributed by atoms with Crippen LogP contribution in [0.15, 0.2) is 59.5 Å². The summed E-state index contributed by atoms with van der Waals surface area (Å²) in [5, 5.41) is 3.59. The van der Waals surface area contributed by atoms with E-state index in [1.54, 1.807) is 42.5 Å². The Bertz CT molecular complexity index is 1440. The minimum atomic E-state index is -0.286. The number of halogens is 2. The van der Waals surface area contributed by atoms with Gasteiger partial charge >= 0.3 is 0 Å². The molecule has 0 unspecified atom stereocenters. The van der Waals surface area contributed by atoms with E-state index in [1.807, 2.05) is 32.0 Å². The van der Waals surface area contributed by atoms with Gasteiger partial charge in [0, 0.05) is 5.69 Å². The number of benzene rings is 3. The van der Waals surface area contributed by atoms with Crippen LogP contribution in [-0.2, 0) is 9.59 Å². The Labute approximate surface area is 234 Å². The average Bonchev–Trinajstić information content (AvgIpc) is 3.14. The van der Waals surface area contributed by atoms with Crippen molar-refractivity contribution in [2.45, 2.75) is 13.8 Å². The van der Waals surface area contributed by atoms with Crippen LogP contribution in [0.25, 0.3) is 6.08 Å². The Kier molecular flexibility index (Phi) is 8.44. The Hall–Kier alpha value is -3.04. The Morgan fingerprint density at radius 2 is 1.84 bits per heavy atom. The minimum Gasteiger partial charge on any atom is -0.493 e. The molecule has 4 rings (SSSR count). The zero-order valence-electron chi connectivity index (χ0n) is 20.1. The van der Waals surface area contributed by atoms with Crippen LogP contribution in [-0.4, -0.2) is 29.9 Å². The monoisotopic (exact) mass is 572 g/mol. The zero-order chi connectivity index (χ0) is 26.7. The van der Waals surface area contributed by atoms with Crippen molar-refractivity contribution in [2.24, 2.45) is 0 Å². The second-order valence-corrected chi connectivity index (χ2v) is 10.7. The number of carbonyl (C=O) groups is 2. The van der Waals surface area contributed by atoms with Crippen molar-refractivity contribution < 1.29 is 19.1 Å². The number of carbonyl (C=O) groups excluding carboxylic acids is 2. The number of hydrogen-bond acceptors (Lipinski definition) is 6. The van der Waals surface area contributed by atoms with Crippen LogP contribution < -0.4 is 19.7 Å². The molecule has 2 amide bonds. The molecule has 0 bridgehead atoms. The van der Waals surface area contributed by atoms with E-state index in [0.29, 0.717) is 42.0 Å². The maximum Gasteiger partial charge on any atom is 0.270 e. The number of nitrogens with zero attached hydrogens (tertiary/aromatic N) is 1. The fourth-order valence-electron chi connectivity index (χ4n) is 3.56. The van der Waals surface area contributed by atoms with E-state index in [0.717, 1.165) is 16.8 Å². The van der Waals surface area contributed by atoms with Gasteiger partial charge in [-0.15, -0.1) is 0 Å². The van der Waals surface area contributed by atoms with Crippen LogP contribution in [0.2, 0.25) is 10.0 Å². The first-order chi connectivity index (χ1) is 17.7. The number of anilines is 2. The third kappa shape index (κ3) is 6.27. The first-order valence-corrected chi connectivity index (χ1v) is 13.1. The van der Waals surface area contributed by atoms with Gasteiger partial charge in [-0.05, 0) is 73.0 Å². The van der Waals surface area contributed by atoms with E-state index in [9.17, 15) is 9.59 Å². The van der Waals surface area contributed by atoms with Crippen molar-refractivity contribution in [3.63, 3.8) is 0 Å². The molecule has 1 aliphatic rings. The lowest BCUT2D eigenvalue weighted by atomic mass is 10.1. The highest BCUT2D eigenvalue weighted by molar-refractivity contribution is 8.27. The first-order valence-electron chi connectivity index (χ1n) is 11.1. The lowest BCUT2D eigenvalue weighted by Crippen LogP contribution is -2.27. The van der Waals surface area contributed by atoms with Gasteiger partial charge in [-0.1, -0.05) is 65.4 Å². The van der Waals surface area contributed by atoms with E-state index in [-0.39, 0.29) is 18.4 Å². The molecule has 1 N–H and O–H groups in total. The van der Waals surface area contributed by atoms with E-state index < -0.39 is 0 Å². The molecule has 190 valence electrons. The largest absolute Gasteiger partial charge is 0.493 e. The highest BCUT2D eigenvalue weighted by Gasteiger charge is 2.33. The molecule has 0 atom stereocenters. The SMILES string of the molecule is COc1cc(/C=C2\SC(=S)N(c3ccc(Cl)c(Cl)c3)C2=O)ccc1OCC(=O)Nc1cc(C)ccc1C. The molecule has 1 aliphatic heterocycles. The fraction of sp³-hybridized carbons (Fsp3) is 0.148. The molecular weight excluding hydrogens is 551 g/mol. The lowest BCUT2D eigenvalue weighted by molar-refractivity contribution is -0.118. The standard InChI is InChI=1S/C27H22Cl2N2O4S2/c1-15-4-5-16(2)21(10-15)30-25(32)14-35-22-9-6-17(11-23(22)34-3)12-24-26(33)31(27(36)37-24)18-7-8-19(28)20(29)13-18/h4-13H,14H2,1-3H3,(H,30,32)/b24-12-. The number of ether oxygens (including phenoxy) is 2. The Morgan fingerprint density at radius 3 is 2.57 bits per heavy atom. The lowest BCUT2D eigenvalue weighted by Gasteiger charge is -2.15. The number of nitrogens with one attached hydrogen (secondary N) is 1. The smallest absolute Gasteiger partial charge is 0.270 e. The summed E-state index contributed by atoms with van der Waals surface area (Å²) in [4.78, 5) is 27.4. The Morgan fingerprint density at radius 1 is 1.05 bits per heavy atom. The van der Waals surface area contributed by atoms with E-state index in [1.165, 1.54) is 23.8 Å². The molecule has 0 radical (unpaired) electrons. The topological polar surface area (TPSA) is 67.9 Å². The molecule has 3 aromatic rings. The molecule has 0 saturated carbocycles. The molecule has 6 nitrogen and oxygen atoms in total. The van der Waals surface area contributed by atoms with Crippen LogP contribution in [0.3, 0.4) is 0 Å². The maximum absolute atomic E-state index is 13.1. The molecule has 3 aromatic carbocycles. The molecule has 1 heterocycles. The second kappa shape index (κ2) is 11.6. The van der Waals surface area contributed by atoms with Crippen LogP contribution in [0.5, 0.6) is 11.5 Å². The van der Waals surface area contributed by atoms with Crippen molar-refractivity contribution in [3.05, 3.63) is 86.2 Å². The summed E-state index contributed by atoms with van der Waals surface area (Å²) < 4.78 is 11.6. The van der Waals surface area contributed by atoms with E-state index in [2.05, 4.69) is 5.32 Å². The molecule has 37 heavy (non-hydrogen) atoms. The summed E-state index contributed by atoms with van der Waals surface area (Å²) in [6.07, 6.45) is 1.72. The predicted molar refractivity (Wildman–Crippen MR) is 155 cm³/mol. The summed E-state index contributed by atoms with van der Waals surface area (Å²) in [7, 11) is 1.51. The number of thiocarbonyl (C=S) groups is 1. The van der Waals surface area contributed by atoms with Crippen molar-refractivity contribution in [2.75, 3.05) is 23.9 Å². The summed E-state index contributed by atoms with van der Waals surface area (Å²) in [5.41, 5.74) is 4.01. The van der Waals surface area contributed by atoms with Crippen molar-refractivity contribution in [3.8, 4) is 11.5 Å². The van der Waals surface area contributed by atoms with Gasteiger partial charge in [0.2, 0.25) is 0 Å². The number of hydrogen-bond donors (Lipinski definition) is 1. The van der Waals surface area contributed by atoms with E-state index in [4.69, 9.17) is 44.9 Å². The summed E-state index contributed by atoms with van der Waals surface area (Å²) >= 11 is 18.7.